The topological polar surface area (TPSA) is 64.1 Å². The Labute approximate surface area is 96.5 Å². The molecule has 0 amide bonds. The maximum absolute atomic E-state index is 9.13. The molecule has 1 aliphatic carbocycles. The molecule has 4 nitrogen and oxygen atoms in total. The van der Waals surface area contributed by atoms with Crippen LogP contribution in [-0.2, 0) is 0 Å². The van der Waals surface area contributed by atoms with Gasteiger partial charge in [0.2, 0.25) is 0 Å². The predicted octanol–water partition coefficient (Wildman–Crippen LogP) is 1.48. The Hall–Kier alpha value is -0.870. The van der Waals surface area contributed by atoms with Crippen LogP contribution < -0.4 is 5.73 Å². The summed E-state index contributed by atoms with van der Waals surface area (Å²) in [6.07, 6.45) is 6.07. The summed E-state index contributed by atoms with van der Waals surface area (Å²) in [5.74, 6) is 1.41. The molecule has 4 atom stereocenters. The van der Waals surface area contributed by atoms with Crippen molar-refractivity contribution < 1.29 is 5.11 Å². The van der Waals surface area contributed by atoms with Crippen LogP contribution >= 0.6 is 0 Å². The van der Waals surface area contributed by atoms with Gasteiger partial charge in [-0.25, -0.2) is 4.98 Å². The second-order valence-corrected chi connectivity index (χ2v) is 5.00. The molecular formula is C12H21N3O. The third-order valence-corrected chi connectivity index (χ3v) is 4.05. The molecule has 16 heavy (non-hydrogen) atoms. The van der Waals surface area contributed by atoms with E-state index in [9.17, 15) is 0 Å². The fraction of sp³-hybridized carbons (Fsp3) is 0.750. The van der Waals surface area contributed by atoms with Gasteiger partial charge in [0.25, 0.3) is 0 Å². The van der Waals surface area contributed by atoms with E-state index >= 15 is 0 Å². The van der Waals surface area contributed by atoms with Crippen molar-refractivity contribution in [2.24, 2.45) is 17.6 Å². The average molecular weight is 223 g/mol. The van der Waals surface area contributed by atoms with E-state index in [-0.39, 0.29) is 12.6 Å². The summed E-state index contributed by atoms with van der Waals surface area (Å²) >= 11 is 0. The van der Waals surface area contributed by atoms with Gasteiger partial charge in [-0.05, 0) is 24.7 Å². The second kappa shape index (κ2) is 4.55. The second-order valence-electron chi connectivity index (χ2n) is 5.00. The standard InChI is InChI=1S/C12H21N3O/c1-8-3-4-11(9(8)2)15-7-14-5-12(15)10(13)6-16/h5,7-11,16H,3-4,6,13H2,1-2H3. The molecule has 4 heteroatoms. The minimum absolute atomic E-state index is 0.0254. The van der Waals surface area contributed by atoms with E-state index in [1.54, 1.807) is 6.20 Å². The Bertz CT molecular complexity index is 350. The van der Waals surface area contributed by atoms with E-state index in [1.165, 1.54) is 12.8 Å². The van der Waals surface area contributed by atoms with Crippen molar-refractivity contribution in [2.75, 3.05) is 6.61 Å². The number of hydrogen-bond acceptors (Lipinski definition) is 3. The van der Waals surface area contributed by atoms with Gasteiger partial charge in [0.05, 0.1) is 24.7 Å². The van der Waals surface area contributed by atoms with Crippen LogP contribution in [0.3, 0.4) is 0 Å². The maximum Gasteiger partial charge on any atom is 0.0951 e. The molecule has 0 bridgehead atoms. The molecule has 0 radical (unpaired) electrons. The smallest absolute Gasteiger partial charge is 0.0951 e. The maximum atomic E-state index is 9.13. The third kappa shape index (κ3) is 1.87. The summed E-state index contributed by atoms with van der Waals surface area (Å²) in [6.45, 7) is 4.56. The van der Waals surface area contributed by atoms with Gasteiger partial charge in [0.1, 0.15) is 0 Å². The van der Waals surface area contributed by atoms with E-state index in [1.807, 2.05) is 6.33 Å². The zero-order valence-corrected chi connectivity index (χ0v) is 10.0. The lowest BCUT2D eigenvalue weighted by molar-refractivity contribution is 0.257. The summed E-state index contributed by atoms with van der Waals surface area (Å²) < 4.78 is 2.16. The van der Waals surface area contributed by atoms with Crippen molar-refractivity contribution >= 4 is 0 Å². The zero-order valence-electron chi connectivity index (χ0n) is 10.0. The minimum atomic E-state index is -0.314. The van der Waals surface area contributed by atoms with Gasteiger partial charge in [0, 0.05) is 12.2 Å². The van der Waals surface area contributed by atoms with Crippen LogP contribution in [0.15, 0.2) is 12.5 Å². The van der Waals surface area contributed by atoms with E-state index in [0.717, 1.165) is 11.6 Å². The summed E-state index contributed by atoms with van der Waals surface area (Å²) in [5, 5.41) is 9.13. The first-order valence-electron chi connectivity index (χ1n) is 6.03. The van der Waals surface area contributed by atoms with Crippen LogP contribution in [0.2, 0.25) is 0 Å². The molecule has 1 saturated carbocycles. The van der Waals surface area contributed by atoms with Crippen LogP contribution in [0.1, 0.15) is 44.5 Å². The average Bonchev–Trinajstić information content (AvgIpc) is 2.86. The molecule has 1 heterocycles. The first-order chi connectivity index (χ1) is 7.65. The normalized spacial score (nSPS) is 31.9. The predicted molar refractivity (Wildman–Crippen MR) is 62.8 cm³/mol. The zero-order chi connectivity index (χ0) is 11.7. The number of nitrogens with zero attached hydrogens (tertiary/aromatic N) is 2. The molecule has 1 aromatic heterocycles. The lowest BCUT2D eigenvalue weighted by Crippen LogP contribution is -2.23. The van der Waals surface area contributed by atoms with Gasteiger partial charge in [-0.2, -0.15) is 0 Å². The third-order valence-electron chi connectivity index (χ3n) is 4.05. The van der Waals surface area contributed by atoms with Gasteiger partial charge in [-0.3, -0.25) is 0 Å². The first-order valence-corrected chi connectivity index (χ1v) is 6.03. The number of aliphatic hydroxyl groups is 1. The molecule has 1 aliphatic rings. The van der Waals surface area contributed by atoms with Crippen molar-refractivity contribution in [3.63, 3.8) is 0 Å². The van der Waals surface area contributed by atoms with E-state index in [4.69, 9.17) is 10.8 Å². The molecule has 0 aromatic carbocycles. The molecule has 0 aliphatic heterocycles. The summed E-state index contributed by atoms with van der Waals surface area (Å²) in [6, 6.07) is 0.177. The summed E-state index contributed by atoms with van der Waals surface area (Å²) in [7, 11) is 0. The number of rotatable bonds is 3. The SMILES string of the molecule is CC1CCC(n2cncc2C(N)CO)C1C. The van der Waals surface area contributed by atoms with Crippen LogP contribution in [0, 0.1) is 11.8 Å². The van der Waals surface area contributed by atoms with Crippen molar-refractivity contribution in [2.45, 2.75) is 38.8 Å². The lowest BCUT2D eigenvalue weighted by Gasteiger charge is -2.23. The van der Waals surface area contributed by atoms with Crippen molar-refractivity contribution in [1.82, 2.24) is 9.55 Å². The molecule has 0 saturated heterocycles. The molecule has 2 rings (SSSR count). The summed E-state index contributed by atoms with van der Waals surface area (Å²) in [4.78, 5) is 4.17. The van der Waals surface area contributed by atoms with E-state index < -0.39 is 0 Å². The largest absolute Gasteiger partial charge is 0.394 e. The Morgan fingerprint density at radius 2 is 2.31 bits per heavy atom. The Morgan fingerprint density at radius 3 is 2.88 bits per heavy atom. The fourth-order valence-corrected chi connectivity index (χ4v) is 2.70. The number of hydrogen-bond donors (Lipinski definition) is 2. The highest BCUT2D eigenvalue weighted by molar-refractivity contribution is 5.07. The lowest BCUT2D eigenvalue weighted by atomic mass is 9.97. The molecule has 90 valence electrons. The van der Waals surface area contributed by atoms with Crippen LogP contribution in [0.4, 0.5) is 0 Å². The van der Waals surface area contributed by atoms with Crippen LogP contribution in [0.25, 0.3) is 0 Å². The quantitative estimate of drug-likeness (QED) is 0.816. The van der Waals surface area contributed by atoms with Gasteiger partial charge in [0.15, 0.2) is 0 Å². The van der Waals surface area contributed by atoms with E-state index in [2.05, 4.69) is 23.4 Å². The highest BCUT2D eigenvalue weighted by Crippen LogP contribution is 2.40. The molecule has 4 unspecified atom stereocenters. The summed E-state index contributed by atoms with van der Waals surface area (Å²) in [5.41, 5.74) is 6.83. The van der Waals surface area contributed by atoms with Gasteiger partial charge < -0.3 is 15.4 Å². The van der Waals surface area contributed by atoms with Crippen molar-refractivity contribution in [1.29, 1.82) is 0 Å². The Balaban J connectivity index is 2.24. The number of nitrogens with two attached hydrogens (primary N) is 1. The molecule has 0 spiro atoms. The molecule has 1 fully saturated rings. The van der Waals surface area contributed by atoms with Crippen molar-refractivity contribution in [3.05, 3.63) is 18.2 Å². The van der Waals surface area contributed by atoms with Gasteiger partial charge >= 0.3 is 0 Å². The molecule has 3 N–H and O–H groups in total. The van der Waals surface area contributed by atoms with E-state index in [0.29, 0.717) is 12.0 Å². The fourth-order valence-electron chi connectivity index (χ4n) is 2.70. The minimum Gasteiger partial charge on any atom is -0.394 e. The Morgan fingerprint density at radius 1 is 1.56 bits per heavy atom. The number of imidazole rings is 1. The Kier molecular flexibility index (Phi) is 3.30. The number of aliphatic hydroxyl groups excluding tert-OH is 1. The monoisotopic (exact) mass is 223 g/mol. The van der Waals surface area contributed by atoms with Crippen molar-refractivity contribution in [3.8, 4) is 0 Å². The van der Waals surface area contributed by atoms with Gasteiger partial charge in [-0.1, -0.05) is 13.8 Å². The number of aromatic nitrogens is 2. The van der Waals surface area contributed by atoms with Crippen LogP contribution in [0.5, 0.6) is 0 Å². The van der Waals surface area contributed by atoms with Gasteiger partial charge in [-0.15, -0.1) is 0 Å². The first kappa shape index (κ1) is 11.6. The molecular weight excluding hydrogens is 202 g/mol. The highest BCUT2D eigenvalue weighted by Gasteiger charge is 2.32. The highest BCUT2D eigenvalue weighted by atomic mass is 16.3. The van der Waals surface area contributed by atoms with Crippen LogP contribution in [-0.4, -0.2) is 21.3 Å². The molecule has 1 aromatic rings.